The molecule has 6 heteroatoms. The van der Waals surface area contributed by atoms with Crippen molar-refractivity contribution in [3.05, 3.63) is 29.8 Å². The molecule has 0 saturated heterocycles. The average Bonchev–Trinajstić information content (AvgIpc) is 2.54. The third-order valence-corrected chi connectivity index (χ3v) is 3.67. The van der Waals surface area contributed by atoms with Crippen molar-refractivity contribution >= 4 is 12.0 Å². The fraction of sp³-hybridized carbons (Fsp3) is 0.471. The molecule has 0 radical (unpaired) electrons. The Balaban J connectivity index is 2.06. The standard InChI is InChI=1S/C17H20F2O4/c1-21-14-9-5-6-12(16(14)23-17(18)19)10-11-15(20)22-13-7-3-2-4-8-13/h5-6,9-11,13,17H,2-4,7-8H2,1H3. The van der Waals surface area contributed by atoms with E-state index in [-0.39, 0.29) is 17.6 Å². The molecule has 0 atom stereocenters. The fourth-order valence-corrected chi connectivity index (χ4v) is 2.58. The van der Waals surface area contributed by atoms with Gasteiger partial charge in [-0.25, -0.2) is 4.79 Å². The summed E-state index contributed by atoms with van der Waals surface area (Å²) in [7, 11) is 1.36. The molecule has 0 aliphatic heterocycles. The van der Waals surface area contributed by atoms with Gasteiger partial charge >= 0.3 is 12.6 Å². The van der Waals surface area contributed by atoms with Crippen LogP contribution in [-0.2, 0) is 9.53 Å². The molecule has 0 heterocycles. The first-order chi connectivity index (χ1) is 11.1. The van der Waals surface area contributed by atoms with E-state index in [1.165, 1.54) is 31.7 Å². The number of hydrogen-bond donors (Lipinski definition) is 0. The van der Waals surface area contributed by atoms with E-state index in [2.05, 4.69) is 4.74 Å². The van der Waals surface area contributed by atoms with Crippen LogP contribution >= 0.6 is 0 Å². The molecule has 1 aliphatic carbocycles. The van der Waals surface area contributed by atoms with Crippen LogP contribution in [0.1, 0.15) is 37.7 Å². The fourth-order valence-electron chi connectivity index (χ4n) is 2.58. The Labute approximate surface area is 134 Å². The summed E-state index contributed by atoms with van der Waals surface area (Å²) in [6, 6.07) is 4.70. The second kappa shape index (κ2) is 8.50. The summed E-state index contributed by atoms with van der Waals surface area (Å²) < 4.78 is 39.9. The Morgan fingerprint density at radius 3 is 2.65 bits per heavy atom. The van der Waals surface area contributed by atoms with Gasteiger partial charge in [-0.3, -0.25) is 0 Å². The first-order valence-corrected chi connectivity index (χ1v) is 7.60. The van der Waals surface area contributed by atoms with Crippen LogP contribution in [0.2, 0.25) is 0 Å². The molecule has 1 aromatic rings. The smallest absolute Gasteiger partial charge is 0.387 e. The quantitative estimate of drug-likeness (QED) is 0.581. The van der Waals surface area contributed by atoms with E-state index in [1.54, 1.807) is 12.1 Å². The second-order valence-corrected chi connectivity index (χ2v) is 5.29. The lowest BCUT2D eigenvalue weighted by atomic mass is 9.98. The zero-order valence-electron chi connectivity index (χ0n) is 13.0. The molecular formula is C17H20F2O4. The van der Waals surface area contributed by atoms with Crippen molar-refractivity contribution in [1.82, 2.24) is 0 Å². The Kier molecular flexibility index (Phi) is 6.38. The Morgan fingerprint density at radius 2 is 2.00 bits per heavy atom. The number of esters is 1. The Morgan fingerprint density at radius 1 is 1.26 bits per heavy atom. The van der Waals surface area contributed by atoms with Crippen molar-refractivity contribution in [1.29, 1.82) is 0 Å². The van der Waals surface area contributed by atoms with Crippen LogP contribution < -0.4 is 9.47 Å². The van der Waals surface area contributed by atoms with Crippen molar-refractivity contribution in [3.63, 3.8) is 0 Å². The maximum Gasteiger partial charge on any atom is 0.387 e. The summed E-state index contributed by atoms with van der Waals surface area (Å²) in [5, 5.41) is 0. The average molecular weight is 326 g/mol. The summed E-state index contributed by atoms with van der Waals surface area (Å²) in [5.41, 5.74) is 0.324. The number of rotatable bonds is 6. The van der Waals surface area contributed by atoms with Gasteiger partial charge in [0.25, 0.3) is 0 Å². The van der Waals surface area contributed by atoms with Crippen molar-refractivity contribution < 1.29 is 27.8 Å². The summed E-state index contributed by atoms with van der Waals surface area (Å²) in [6.45, 7) is -2.98. The number of methoxy groups -OCH3 is 1. The van der Waals surface area contributed by atoms with Gasteiger partial charge in [-0.2, -0.15) is 8.78 Å². The molecule has 2 rings (SSSR count). The number of carbonyl (C=O) groups is 1. The van der Waals surface area contributed by atoms with E-state index >= 15 is 0 Å². The van der Waals surface area contributed by atoms with Gasteiger partial charge in [0.1, 0.15) is 6.10 Å². The van der Waals surface area contributed by atoms with Crippen LogP contribution in [0, 0.1) is 0 Å². The highest BCUT2D eigenvalue weighted by Crippen LogP contribution is 2.33. The number of halogens is 2. The first-order valence-electron chi connectivity index (χ1n) is 7.60. The zero-order chi connectivity index (χ0) is 16.7. The van der Waals surface area contributed by atoms with Crippen LogP contribution in [0.5, 0.6) is 11.5 Å². The summed E-state index contributed by atoms with van der Waals surface area (Å²) >= 11 is 0. The Bertz CT molecular complexity index is 552. The van der Waals surface area contributed by atoms with Crippen molar-refractivity contribution in [3.8, 4) is 11.5 Å². The number of para-hydroxylation sites is 1. The highest BCUT2D eigenvalue weighted by Gasteiger charge is 2.17. The van der Waals surface area contributed by atoms with E-state index in [0.717, 1.165) is 25.7 Å². The van der Waals surface area contributed by atoms with Crippen molar-refractivity contribution in [2.45, 2.75) is 44.8 Å². The molecule has 0 amide bonds. The lowest BCUT2D eigenvalue weighted by molar-refractivity contribution is -0.144. The second-order valence-electron chi connectivity index (χ2n) is 5.29. The van der Waals surface area contributed by atoms with Gasteiger partial charge in [0, 0.05) is 11.6 Å². The number of hydrogen-bond acceptors (Lipinski definition) is 4. The van der Waals surface area contributed by atoms with E-state index in [9.17, 15) is 13.6 Å². The maximum atomic E-state index is 12.5. The van der Waals surface area contributed by atoms with Crippen molar-refractivity contribution in [2.75, 3.05) is 7.11 Å². The number of benzene rings is 1. The molecular weight excluding hydrogens is 306 g/mol. The summed E-state index contributed by atoms with van der Waals surface area (Å²) in [5.74, 6) is -0.414. The van der Waals surface area contributed by atoms with Gasteiger partial charge in [0.15, 0.2) is 11.5 Å². The van der Waals surface area contributed by atoms with Gasteiger partial charge < -0.3 is 14.2 Å². The molecule has 23 heavy (non-hydrogen) atoms. The van der Waals surface area contributed by atoms with Gasteiger partial charge in [-0.15, -0.1) is 0 Å². The minimum absolute atomic E-state index is 0.0528. The molecule has 0 aromatic heterocycles. The van der Waals surface area contributed by atoms with Crippen LogP contribution in [-0.4, -0.2) is 25.8 Å². The molecule has 1 fully saturated rings. The number of alkyl halides is 2. The monoisotopic (exact) mass is 326 g/mol. The predicted octanol–water partition coefficient (Wildman–Crippen LogP) is 4.19. The molecule has 4 nitrogen and oxygen atoms in total. The third-order valence-electron chi connectivity index (χ3n) is 3.67. The van der Waals surface area contributed by atoms with Gasteiger partial charge in [0.05, 0.1) is 7.11 Å². The SMILES string of the molecule is COc1cccc(C=CC(=O)OC2CCCCC2)c1OC(F)F. The zero-order valence-corrected chi connectivity index (χ0v) is 13.0. The predicted molar refractivity (Wildman–Crippen MR) is 81.6 cm³/mol. The van der Waals surface area contributed by atoms with Gasteiger partial charge in [-0.05, 0) is 37.8 Å². The largest absolute Gasteiger partial charge is 0.493 e. The van der Waals surface area contributed by atoms with Crippen LogP contribution in [0.3, 0.4) is 0 Å². The van der Waals surface area contributed by atoms with Gasteiger partial charge in [-0.1, -0.05) is 18.6 Å². The van der Waals surface area contributed by atoms with Crippen LogP contribution in [0.4, 0.5) is 8.78 Å². The Hall–Kier alpha value is -2.11. The third kappa shape index (κ3) is 5.23. The molecule has 1 saturated carbocycles. The van der Waals surface area contributed by atoms with E-state index in [4.69, 9.17) is 9.47 Å². The molecule has 0 spiro atoms. The highest BCUT2D eigenvalue weighted by molar-refractivity contribution is 5.88. The topological polar surface area (TPSA) is 44.8 Å². The minimum atomic E-state index is -2.98. The first kappa shape index (κ1) is 17.2. The highest BCUT2D eigenvalue weighted by atomic mass is 19.3. The van der Waals surface area contributed by atoms with Crippen LogP contribution in [0.25, 0.3) is 6.08 Å². The molecule has 1 aliphatic rings. The summed E-state index contributed by atoms with van der Waals surface area (Å²) in [4.78, 5) is 11.8. The molecule has 0 unspecified atom stereocenters. The van der Waals surface area contributed by atoms with E-state index in [1.807, 2.05) is 0 Å². The normalized spacial score (nSPS) is 15.8. The number of carbonyl (C=O) groups excluding carboxylic acids is 1. The van der Waals surface area contributed by atoms with Gasteiger partial charge in [0.2, 0.25) is 0 Å². The molecule has 1 aromatic carbocycles. The molecule has 0 bridgehead atoms. The van der Waals surface area contributed by atoms with E-state index in [0.29, 0.717) is 5.56 Å². The van der Waals surface area contributed by atoms with E-state index < -0.39 is 12.6 Å². The van der Waals surface area contributed by atoms with Crippen molar-refractivity contribution in [2.24, 2.45) is 0 Å². The van der Waals surface area contributed by atoms with Crippen LogP contribution in [0.15, 0.2) is 24.3 Å². The maximum absolute atomic E-state index is 12.5. The lowest BCUT2D eigenvalue weighted by Gasteiger charge is -2.20. The summed E-state index contributed by atoms with van der Waals surface area (Å²) in [6.07, 6.45) is 7.60. The lowest BCUT2D eigenvalue weighted by Crippen LogP contribution is -2.19. The minimum Gasteiger partial charge on any atom is -0.493 e. The molecule has 0 N–H and O–H groups in total. The molecule has 126 valence electrons. The number of ether oxygens (including phenoxy) is 3.